The van der Waals surface area contributed by atoms with Gasteiger partial charge in [0.1, 0.15) is 21.1 Å². The van der Waals surface area contributed by atoms with Crippen molar-refractivity contribution in [3.63, 3.8) is 0 Å². The largest absolute Gasteiger partial charge is 0.477 e. The van der Waals surface area contributed by atoms with Gasteiger partial charge in [-0.25, -0.2) is 23.2 Å². The molecule has 2 aromatic rings. The van der Waals surface area contributed by atoms with Crippen LogP contribution in [-0.4, -0.2) is 29.5 Å². The molecule has 0 atom stereocenters. The number of hydrogen-bond donors (Lipinski definition) is 2. The Morgan fingerprint density at radius 3 is 2.70 bits per heavy atom. The second kappa shape index (κ2) is 5.52. The standard InChI is InChI=1S/C9H5Cl2N3O4S2/c10-5-7(11)12-3-13-8(5)14-20(17,18)4-1-2-19-6(4)9(15)16/h1-3H,(H,15,16)(H,12,13,14). The zero-order chi connectivity index (χ0) is 14.9. The summed E-state index contributed by atoms with van der Waals surface area (Å²) in [5, 5.41) is 9.98. The molecule has 0 fully saturated rings. The molecule has 0 bridgehead atoms. The highest BCUT2D eigenvalue weighted by Gasteiger charge is 2.25. The van der Waals surface area contributed by atoms with Crippen LogP contribution in [-0.2, 0) is 10.0 Å². The summed E-state index contributed by atoms with van der Waals surface area (Å²) in [4.78, 5) is 17.5. The number of nitrogens with zero attached hydrogens (tertiary/aromatic N) is 2. The van der Waals surface area contributed by atoms with Crippen molar-refractivity contribution >= 4 is 56.3 Å². The molecule has 0 amide bonds. The summed E-state index contributed by atoms with van der Waals surface area (Å²) in [5.41, 5.74) is 0. The van der Waals surface area contributed by atoms with E-state index in [1.165, 1.54) is 11.4 Å². The molecule has 2 aromatic heterocycles. The quantitative estimate of drug-likeness (QED) is 0.816. The minimum absolute atomic E-state index is 0.122. The first-order valence-corrected chi connectivity index (χ1v) is 7.94. The van der Waals surface area contributed by atoms with Gasteiger partial charge in [0.05, 0.1) is 0 Å². The van der Waals surface area contributed by atoms with E-state index in [0.29, 0.717) is 0 Å². The predicted octanol–water partition coefficient (Wildman–Crippen LogP) is 2.34. The number of sulfonamides is 1. The van der Waals surface area contributed by atoms with Crippen LogP contribution in [0.4, 0.5) is 5.82 Å². The molecule has 0 radical (unpaired) electrons. The molecule has 20 heavy (non-hydrogen) atoms. The molecule has 0 aliphatic heterocycles. The minimum atomic E-state index is -4.14. The highest BCUT2D eigenvalue weighted by Crippen LogP contribution is 2.29. The second-order valence-electron chi connectivity index (χ2n) is 3.35. The first kappa shape index (κ1) is 15.0. The highest BCUT2D eigenvalue weighted by molar-refractivity contribution is 7.93. The Kier molecular flexibility index (Phi) is 4.14. The van der Waals surface area contributed by atoms with Gasteiger partial charge in [0.25, 0.3) is 10.0 Å². The summed E-state index contributed by atoms with van der Waals surface area (Å²) in [6.07, 6.45) is 1.03. The van der Waals surface area contributed by atoms with Crippen LogP contribution in [0.5, 0.6) is 0 Å². The molecule has 0 saturated heterocycles. The lowest BCUT2D eigenvalue weighted by molar-refractivity contribution is 0.0698. The zero-order valence-corrected chi connectivity index (χ0v) is 12.5. The fourth-order valence-electron chi connectivity index (χ4n) is 1.27. The average molecular weight is 354 g/mol. The Morgan fingerprint density at radius 2 is 2.05 bits per heavy atom. The summed E-state index contributed by atoms with van der Waals surface area (Å²) >= 11 is 12.2. The van der Waals surface area contributed by atoms with Crippen molar-refractivity contribution in [1.82, 2.24) is 9.97 Å². The van der Waals surface area contributed by atoms with Crippen LogP contribution in [0, 0.1) is 0 Å². The average Bonchev–Trinajstić information content (AvgIpc) is 2.85. The van der Waals surface area contributed by atoms with Crippen molar-refractivity contribution in [2.45, 2.75) is 4.90 Å². The third kappa shape index (κ3) is 2.85. The van der Waals surface area contributed by atoms with E-state index >= 15 is 0 Å². The number of nitrogens with one attached hydrogen (secondary N) is 1. The maximum absolute atomic E-state index is 12.1. The van der Waals surface area contributed by atoms with Gasteiger partial charge in [-0.1, -0.05) is 23.2 Å². The number of carbonyl (C=O) groups is 1. The van der Waals surface area contributed by atoms with Gasteiger partial charge in [0, 0.05) is 0 Å². The molecule has 2 heterocycles. The normalized spacial score (nSPS) is 11.3. The van der Waals surface area contributed by atoms with E-state index < -0.39 is 16.0 Å². The Labute approximate surface area is 127 Å². The summed E-state index contributed by atoms with van der Waals surface area (Å²) < 4.78 is 26.3. The number of hydrogen-bond acceptors (Lipinski definition) is 6. The minimum Gasteiger partial charge on any atom is -0.477 e. The van der Waals surface area contributed by atoms with Gasteiger partial charge < -0.3 is 5.11 Å². The van der Waals surface area contributed by atoms with Crippen molar-refractivity contribution in [3.05, 3.63) is 32.8 Å². The molecule has 7 nitrogen and oxygen atoms in total. The van der Waals surface area contributed by atoms with Crippen molar-refractivity contribution in [2.24, 2.45) is 0 Å². The van der Waals surface area contributed by atoms with Crippen molar-refractivity contribution < 1.29 is 18.3 Å². The van der Waals surface area contributed by atoms with Crippen LogP contribution in [0.25, 0.3) is 0 Å². The fourth-order valence-corrected chi connectivity index (χ4v) is 3.88. The van der Waals surface area contributed by atoms with Gasteiger partial charge >= 0.3 is 5.97 Å². The van der Waals surface area contributed by atoms with Gasteiger partial charge in [-0.05, 0) is 11.4 Å². The number of rotatable bonds is 4. The number of aromatic carboxylic acids is 1. The summed E-state index contributed by atoms with van der Waals surface area (Å²) in [6, 6.07) is 1.17. The smallest absolute Gasteiger partial charge is 0.347 e. The van der Waals surface area contributed by atoms with Crippen LogP contribution in [0.2, 0.25) is 10.2 Å². The van der Waals surface area contributed by atoms with Crippen LogP contribution in [0.3, 0.4) is 0 Å². The van der Waals surface area contributed by atoms with E-state index in [0.717, 1.165) is 17.7 Å². The van der Waals surface area contributed by atoms with E-state index in [4.69, 9.17) is 28.3 Å². The zero-order valence-electron chi connectivity index (χ0n) is 9.37. The molecule has 0 aromatic carbocycles. The number of thiophene rings is 1. The first-order valence-electron chi connectivity index (χ1n) is 4.82. The van der Waals surface area contributed by atoms with E-state index in [1.807, 2.05) is 0 Å². The van der Waals surface area contributed by atoms with Crippen molar-refractivity contribution in [1.29, 1.82) is 0 Å². The number of anilines is 1. The molecule has 0 aliphatic carbocycles. The molecule has 106 valence electrons. The Hall–Kier alpha value is -1.42. The molecule has 0 aliphatic rings. The van der Waals surface area contributed by atoms with E-state index in [9.17, 15) is 13.2 Å². The SMILES string of the molecule is O=C(O)c1sccc1S(=O)(=O)Nc1ncnc(Cl)c1Cl. The number of carboxylic acid groups (broad SMARTS) is 1. The maximum atomic E-state index is 12.1. The highest BCUT2D eigenvalue weighted by atomic mass is 35.5. The van der Waals surface area contributed by atoms with E-state index in [-0.39, 0.29) is 25.8 Å². The molecule has 2 rings (SSSR count). The van der Waals surface area contributed by atoms with Crippen LogP contribution in [0.15, 0.2) is 22.7 Å². The molecule has 0 saturated carbocycles. The summed E-state index contributed by atoms with van der Waals surface area (Å²) in [5.74, 6) is -1.57. The van der Waals surface area contributed by atoms with Gasteiger partial charge in [-0.3, -0.25) is 4.72 Å². The summed E-state index contributed by atoms with van der Waals surface area (Å²) in [7, 11) is -4.14. The predicted molar refractivity (Wildman–Crippen MR) is 74.1 cm³/mol. The molecule has 11 heteroatoms. The fraction of sp³-hybridized carbons (Fsp3) is 0. The maximum Gasteiger partial charge on any atom is 0.347 e. The second-order valence-corrected chi connectivity index (χ2v) is 6.65. The van der Waals surface area contributed by atoms with Gasteiger partial charge in [-0.15, -0.1) is 11.3 Å². The molecular weight excluding hydrogens is 349 g/mol. The van der Waals surface area contributed by atoms with Crippen molar-refractivity contribution in [3.8, 4) is 0 Å². The summed E-state index contributed by atoms with van der Waals surface area (Å²) in [6.45, 7) is 0. The van der Waals surface area contributed by atoms with E-state index in [2.05, 4.69) is 14.7 Å². The van der Waals surface area contributed by atoms with Gasteiger partial charge in [0.2, 0.25) is 0 Å². The first-order chi connectivity index (χ1) is 9.33. The number of halogens is 2. The van der Waals surface area contributed by atoms with Gasteiger partial charge in [-0.2, -0.15) is 0 Å². The molecular formula is C9H5Cl2N3O4S2. The Balaban J connectivity index is 2.44. The lowest BCUT2D eigenvalue weighted by Crippen LogP contribution is -2.16. The Bertz CT molecular complexity index is 775. The third-order valence-electron chi connectivity index (χ3n) is 2.09. The molecule has 0 spiro atoms. The van der Waals surface area contributed by atoms with Crippen molar-refractivity contribution in [2.75, 3.05) is 4.72 Å². The lowest BCUT2D eigenvalue weighted by Gasteiger charge is -2.08. The lowest BCUT2D eigenvalue weighted by atomic mass is 10.5. The van der Waals surface area contributed by atoms with Crippen LogP contribution < -0.4 is 4.72 Å². The van der Waals surface area contributed by atoms with Gasteiger partial charge in [0.15, 0.2) is 11.0 Å². The topological polar surface area (TPSA) is 109 Å². The third-order valence-corrected chi connectivity index (χ3v) is 5.25. The Morgan fingerprint density at radius 1 is 1.35 bits per heavy atom. The van der Waals surface area contributed by atoms with Crippen LogP contribution in [0.1, 0.15) is 9.67 Å². The molecule has 2 N–H and O–H groups in total. The molecule has 0 unspecified atom stereocenters. The van der Waals surface area contributed by atoms with Crippen LogP contribution >= 0.6 is 34.5 Å². The number of aromatic nitrogens is 2. The number of carboxylic acids is 1. The van der Waals surface area contributed by atoms with E-state index in [1.54, 1.807) is 0 Å². The monoisotopic (exact) mass is 353 g/mol.